The van der Waals surface area contributed by atoms with E-state index in [-0.39, 0.29) is 11.8 Å². The number of rotatable bonds is 5. The van der Waals surface area contributed by atoms with Gasteiger partial charge < -0.3 is 9.80 Å². The summed E-state index contributed by atoms with van der Waals surface area (Å²) in [6.45, 7) is 8.41. The van der Waals surface area contributed by atoms with E-state index >= 15 is 0 Å². The highest BCUT2D eigenvalue weighted by molar-refractivity contribution is 6.30. The van der Waals surface area contributed by atoms with Crippen molar-refractivity contribution >= 4 is 23.3 Å². The van der Waals surface area contributed by atoms with Crippen LogP contribution in [0, 0.1) is 26.7 Å². The van der Waals surface area contributed by atoms with Crippen molar-refractivity contribution < 1.29 is 4.79 Å². The summed E-state index contributed by atoms with van der Waals surface area (Å²) >= 11 is 5.95. The average molecular weight is 452 g/mol. The molecule has 0 bridgehead atoms. The van der Waals surface area contributed by atoms with Crippen molar-refractivity contribution in [1.82, 2.24) is 19.7 Å². The van der Waals surface area contributed by atoms with Crippen molar-refractivity contribution in [2.45, 2.75) is 40.2 Å². The van der Waals surface area contributed by atoms with Crippen molar-refractivity contribution in [3.8, 4) is 5.69 Å². The first-order valence-corrected chi connectivity index (χ1v) is 11.5. The van der Waals surface area contributed by atoms with E-state index in [4.69, 9.17) is 16.7 Å². The minimum atomic E-state index is 0.0376. The van der Waals surface area contributed by atoms with Gasteiger partial charge in [-0.05, 0) is 57.4 Å². The summed E-state index contributed by atoms with van der Waals surface area (Å²) in [5, 5.41) is 5.41. The number of hydrogen-bond acceptors (Lipinski definition) is 4. The zero-order valence-electron chi connectivity index (χ0n) is 19.2. The number of benzene rings is 1. The molecule has 0 aliphatic carbocycles. The van der Waals surface area contributed by atoms with Crippen LogP contribution in [-0.2, 0) is 11.3 Å². The topological polar surface area (TPSA) is 54.3 Å². The van der Waals surface area contributed by atoms with E-state index < -0.39 is 0 Å². The number of pyridine rings is 1. The van der Waals surface area contributed by atoms with E-state index in [1.807, 2.05) is 47.8 Å². The van der Waals surface area contributed by atoms with Crippen molar-refractivity contribution in [3.63, 3.8) is 0 Å². The van der Waals surface area contributed by atoms with Gasteiger partial charge >= 0.3 is 0 Å². The van der Waals surface area contributed by atoms with Crippen LogP contribution in [0.5, 0.6) is 0 Å². The Kier molecular flexibility index (Phi) is 6.51. The molecule has 1 aromatic carbocycles. The Morgan fingerprint density at radius 1 is 1.12 bits per heavy atom. The lowest BCUT2D eigenvalue weighted by molar-refractivity contribution is -0.135. The number of hydrogen-bond donors (Lipinski definition) is 0. The fourth-order valence-corrected chi connectivity index (χ4v) is 4.59. The molecular formula is C25H30ClN5O. The fourth-order valence-electron chi connectivity index (χ4n) is 4.48. The van der Waals surface area contributed by atoms with Crippen LogP contribution < -0.4 is 4.90 Å². The minimum absolute atomic E-state index is 0.0376. The van der Waals surface area contributed by atoms with Crippen molar-refractivity contribution in [3.05, 3.63) is 70.1 Å². The van der Waals surface area contributed by atoms with Gasteiger partial charge in [0.2, 0.25) is 5.91 Å². The Bertz CT molecular complexity index is 1100. The summed E-state index contributed by atoms with van der Waals surface area (Å²) in [6.07, 6.45) is 3.32. The quantitative estimate of drug-likeness (QED) is 0.563. The number of para-hydroxylation sites is 1. The van der Waals surface area contributed by atoms with E-state index in [9.17, 15) is 4.79 Å². The van der Waals surface area contributed by atoms with Gasteiger partial charge in [-0.25, -0.2) is 9.67 Å². The SMILES string of the molecule is Cc1ccccc1-n1nc(C)c(CN(C)C(=O)C2CCN(c3ccc(Cl)cn3)CC2)c1C. The molecule has 3 aromatic rings. The largest absolute Gasteiger partial charge is 0.357 e. The number of aryl methyl sites for hydroxylation is 2. The van der Waals surface area contributed by atoms with Gasteiger partial charge in [0, 0.05) is 50.1 Å². The van der Waals surface area contributed by atoms with Gasteiger partial charge in [0.05, 0.1) is 16.4 Å². The summed E-state index contributed by atoms with van der Waals surface area (Å²) in [4.78, 5) is 21.7. The Balaban J connectivity index is 1.41. The third-order valence-corrected chi connectivity index (χ3v) is 6.66. The highest BCUT2D eigenvalue weighted by Crippen LogP contribution is 2.26. The first-order valence-electron chi connectivity index (χ1n) is 11.1. The smallest absolute Gasteiger partial charge is 0.225 e. The number of piperidine rings is 1. The maximum absolute atomic E-state index is 13.2. The molecule has 32 heavy (non-hydrogen) atoms. The fraction of sp³-hybridized carbons (Fsp3) is 0.400. The molecule has 0 spiro atoms. The second-order valence-electron chi connectivity index (χ2n) is 8.64. The molecule has 0 saturated carbocycles. The van der Waals surface area contributed by atoms with Crippen LogP contribution in [0.25, 0.3) is 5.69 Å². The Morgan fingerprint density at radius 2 is 1.84 bits per heavy atom. The molecule has 1 amide bonds. The first kappa shape index (κ1) is 22.3. The van der Waals surface area contributed by atoms with Crippen LogP contribution in [-0.4, -0.2) is 45.7 Å². The molecule has 4 rings (SSSR count). The van der Waals surface area contributed by atoms with Crippen LogP contribution in [0.2, 0.25) is 5.02 Å². The van der Waals surface area contributed by atoms with Crippen LogP contribution in [0.15, 0.2) is 42.6 Å². The number of amides is 1. The molecular weight excluding hydrogens is 422 g/mol. The lowest BCUT2D eigenvalue weighted by atomic mass is 9.95. The predicted molar refractivity (Wildman–Crippen MR) is 128 cm³/mol. The molecule has 1 aliphatic rings. The van der Waals surface area contributed by atoms with Gasteiger partial charge in [-0.2, -0.15) is 5.10 Å². The second-order valence-corrected chi connectivity index (χ2v) is 9.07. The third-order valence-electron chi connectivity index (χ3n) is 6.44. The van der Waals surface area contributed by atoms with Gasteiger partial charge in [-0.1, -0.05) is 29.8 Å². The lowest BCUT2D eigenvalue weighted by Gasteiger charge is -2.34. The van der Waals surface area contributed by atoms with E-state index in [1.54, 1.807) is 6.20 Å². The van der Waals surface area contributed by atoms with Gasteiger partial charge in [-0.3, -0.25) is 4.79 Å². The summed E-state index contributed by atoms with van der Waals surface area (Å²) in [7, 11) is 1.90. The number of halogens is 1. The van der Waals surface area contributed by atoms with Crippen LogP contribution in [0.1, 0.15) is 35.4 Å². The summed E-state index contributed by atoms with van der Waals surface area (Å²) in [6, 6.07) is 12.0. The molecule has 3 heterocycles. The Hall–Kier alpha value is -2.86. The average Bonchev–Trinajstić information content (AvgIpc) is 3.07. The van der Waals surface area contributed by atoms with E-state index in [0.29, 0.717) is 11.6 Å². The second kappa shape index (κ2) is 9.33. The Labute approximate surface area is 194 Å². The molecule has 6 nitrogen and oxygen atoms in total. The molecule has 168 valence electrons. The number of nitrogens with zero attached hydrogens (tertiary/aromatic N) is 5. The van der Waals surface area contributed by atoms with Crippen LogP contribution in [0.3, 0.4) is 0 Å². The highest BCUT2D eigenvalue weighted by atomic mass is 35.5. The van der Waals surface area contributed by atoms with Gasteiger partial charge in [0.15, 0.2) is 0 Å². The molecule has 0 radical (unpaired) electrons. The predicted octanol–water partition coefficient (Wildman–Crippen LogP) is 4.72. The standard InChI is InChI=1S/C25H30ClN5O/c1-17-7-5-6-8-23(17)31-19(3)22(18(2)28-31)16-29(4)25(32)20-11-13-30(14-12-20)24-10-9-21(26)15-27-24/h5-10,15,20H,11-14,16H2,1-4H3. The zero-order valence-corrected chi connectivity index (χ0v) is 19.9. The minimum Gasteiger partial charge on any atom is -0.357 e. The summed E-state index contributed by atoms with van der Waals surface area (Å²) in [5.74, 6) is 1.16. The number of aromatic nitrogens is 3. The summed E-state index contributed by atoms with van der Waals surface area (Å²) < 4.78 is 2.00. The zero-order chi connectivity index (χ0) is 22.8. The van der Waals surface area contributed by atoms with E-state index in [0.717, 1.165) is 54.4 Å². The monoisotopic (exact) mass is 451 g/mol. The molecule has 0 N–H and O–H groups in total. The van der Waals surface area contributed by atoms with Crippen molar-refractivity contribution in [1.29, 1.82) is 0 Å². The number of carbonyl (C=O) groups excluding carboxylic acids is 1. The van der Waals surface area contributed by atoms with Crippen molar-refractivity contribution in [2.75, 3.05) is 25.0 Å². The lowest BCUT2D eigenvalue weighted by Crippen LogP contribution is -2.41. The van der Waals surface area contributed by atoms with Gasteiger partial charge in [-0.15, -0.1) is 0 Å². The first-order chi connectivity index (χ1) is 15.3. The van der Waals surface area contributed by atoms with Gasteiger partial charge in [0.1, 0.15) is 5.82 Å². The molecule has 1 aliphatic heterocycles. The van der Waals surface area contributed by atoms with Crippen LogP contribution in [0.4, 0.5) is 5.82 Å². The molecule has 1 fully saturated rings. The number of carbonyl (C=O) groups is 1. The maximum Gasteiger partial charge on any atom is 0.225 e. The molecule has 0 unspecified atom stereocenters. The normalized spacial score (nSPS) is 14.6. The number of anilines is 1. The van der Waals surface area contributed by atoms with Crippen molar-refractivity contribution in [2.24, 2.45) is 5.92 Å². The van der Waals surface area contributed by atoms with Crippen LogP contribution >= 0.6 is 11.6 Å². The molecule has 2 aromatic heterocycles. The highest BCUT2D eigenvalue weighted by Gasteiger charge is 2.28. The Morgan fingerprint density at radius 3 is 2.50 bits per heavy atom. The third kappa shape index (κ3) is 4.51. The van der Waals surface area contributed by atoms with E-state index in [1.165, 1.54) is 5.56 Å². The molecule has 7 heteroatoms. The van der Waals surface area contributed by atoms with E-state index in [2.05, 4.69) is 35.9 Å². The van der Waals surface area contributed by atoms with Gasteiger partial charge in [0.25, 0.3) is 0 Å². The maximum atomic E-state index is 13.2. The molecule has 0 atom stereocenters. The molecule has 1 saturated heterocycles. The summed E-state index contributed by atoms with van der Waals surface area (Å²) in [5.41, 5.74) is 5.42.